The molecule has 1 aliphatic heterocycles. The van der Waals surface area contributed by atoms with Crippen LogP contribution < -0.4 is 5.32 Å². The summed E-state index contributed by atoms with van der Waals surface area (Å²) in [6.45, 7) is 5.57. The summed E-state index contributed by atoms with van der Waals surface area (Å²) in [7, 11) is 0. The number of nitrogens with one attached hydrogen (secondary N) is 1. The lowest BCUT2D eigenvalue weighted by Crippen LogP contribution is -2.34. The van der Waals surface area contributed by atoms with Crippen molar-refractivity contribution in [2.75, 3.05) is 0 Å². The summed E-state index contributed by atoms with van der Waals surface area (Å²) in [5.74, 6) is 0.685. The van der Waals surface area contributed by atoms with Crippen molar-refractivity contribution in [1.82, 2.24) is 10.3 Å². The molecule has 0 unspecified atom stereocenters. The largest absolute Gasteiger partial charge is 0.312 e. The molecule has 0 atom stereocenters. The van der Waals surface area contributed by atoms with E-state index in [1.807, 2.05) is 26.2 Å². The first-order valence-electron chi connectivity index (χ1n) is 4.78. The van der Waals surface area contributed by atoms with E-state index in [0.29, 0.717) is 6.42 Å². The fraction of sp³-hybridized carbons (Fsp3) is 0.500. The van der Waals surface area contributed by atoms with E-state index in [9.17, 15) is 4.79 Å². The average Bonchev–Trinajstić information content (AvgIpc) is 2.59. The van der Waals surface area contributed by atoms with E-state index in [-0.39, 0.29) is 5.91 Å². The molecule has 1 amide bonds. The standard InChI is InChI=1S/C10H13N3OS/c1-6-5-15-8(11-6)4-7-12-9(14)10(2,3)13-7/h5H,4H2,1-3H3,(H,12,13,14). The number of hydrogen-bond acceptors (Lipinski definition) is 4. The molecule has 0 radical (unpaired) electrons. The van der Waals surface area contributed by atoms with Crippen LogP contribution in [-0.2, 0) is 11.2 Å². The van der Waals surface area contributed by atoms with Crippen LogP contribution in [-0.4, -0.2) is 22.3 Å². The molecule has 2 rings (SSSR count). The fourth-order valence-electron chi connectivity index (χ4n) is 1.41. The predicted molar refractivity (Wildman–Crippen MR) is 60.2 cm³/mol. The van der Waals surface area contributed by atoms with Gasteiger partial charge < -0.3 is 5.32 Å². The van der Waals surface area contributed by atoms with Crippen LogP contribution in [0, 0.1) is 6.92 Å². The highest BCUT2D eigenvalue weighted by atomic mass is 32.1. The molecule has 1 aliphatic rings. The topological polar surface area (TPSA) is 54.4 Å². The second-order valence-corrected chi connectivity index (χ2v) is 5.07. The van der Waals surface area contributed by atoms with Gasteiger partial charge in [0.15, 0.2) is 0 Å². The number of aromatic nitrogens is 1. The zero-order valence-electron chi connectivity index (χ0n) is 9.00. The number of thiazole rings is 1. The lowest BCUT2D eigenvalue weighted by molar-refractivity contribution is -0.122. The lowest BCUT2D eigenvalue weighted by atomic mass is 10.1. The molecule has 0 bridgehead atoms. The highest BCUT2D eigenvalue weighted by molar-refractivity contribution is 7.09. The van der Waals surface area contributed by atoms with Gasteiger partial charge in [0.1, 0.15) is 16.4 Å². The number of carbonyl (C=O) groups excluding carboxylic acids is 1. The van der Waals surface area contributed by atoms with Crippen molar-refractivity contribution in [2.24, 2.45) is 4.99 Å². The molecule has 15 heavy (non-hydrogen) atoms. The van der Waals surface area contributed by atoms with Crippen molar-refractivity contribution < 1.29 is 4.79 Å². The second kappa shape index (κ2) is 3.41. The average molecular weight is 223 g/mol. The van der Waals surface area contributed by atoms with Gasteiger partial charge in [-0.05, 0) is 20.8 Å². The lowest BCUT2D eigenvalue weighted by Gasteiger charge is -2.07. The van der Waals surface area contributed by atoms with E-state index in [1.54, 1.807) is 11.3 Å². The van der Waals surface area contributed by atoms with Crippen LogP contribution in [0.3, 0.4) is 0 Å². The van der Waals surface area contributed by atoms with Crippen molar-refractivity contribution in [1.29, 1.82) is 0 Å². The maximum absolute atomic E-state index is 11.5. The molecule has 0 fully saturated rings. The van der Waals surface area contributed by atoms with Gasteiger partial charge in [0.25, 0.3) is 5.91 Å². The van der Waals surface area contributed by atoms with Gasteiger partial charge in [0.2, 0.25) is 0 Å². The number of carbonyl (C=O) groups is 1. The molecule has 0 aliphatic carbocycles. The van der Waals surface area contributed by atoms with Crippen molar-refractivity contribution in [3.05, 3.63) is 16.1 Å². The van der Waals surface area contributed by atoms with Gasteiger partial charge in [-0.3, -0.25) is 9.79 Å². The minimum Gasteiger partial charge on any atom is -0.312 e. The van der Waals surface area contributed by atoms with E-state index in [1.165, 1.54) is 0 Å². The van der Waals surface area contributed by atoms with Crippen LogP contribution in [0.1, 0.15) is 24.5 Å². The maximum Gasteiger partial charge on any atom is 0.252 e. The van der Waals surface area contributed by atoms with Crippen LogP contribution in [0.2, 0.25) is 0 Å². The number of amidine groups is 1. The van der Waals surface area contributed by atoms with Crippen LogP contribution >= 0.6 is 11.3 Å². The number of aryl methyl sites for hydroxylation is 1. The minimum atomic E-state index is -0.623. The zero-order valence-corrected chi connectivity index (χ0v) is 9.81. The maximum atomic E-state index is 11.5. The molecule has 4 nitrogen and oxygen atoms in total. The zero-order chi connectivity index (χ0) is 11.1. The Morgan fingerprint density at radius 3 is 2.73 bits per heavy atom. The molecule has 1 aromatic heterocycles. The van der Waals surface area contributed by atoms with Crippen LogP contribution in [0.25, 0.3) is 0 Å². The SMILES string of the molecule is Cc1csc(CC2=NC(C)(C)C(=O)N2)n1. The van der Waals surface area contributed by atoms with E-state index < -0.39 is 5.54 Å². The van der Waals surface area contributed by atoms with Crippen LogP contribution in [0.4, 0.5) is 0 Å². The first kappa shape index (κ1) is 10.3. The third-order valence-corrected chi connectivity index (χ3v) is 3.18. The molecule has 80 valence electrons. The summed E-state index contributed by atoms with van der Waals surface area (Å²) in [6, 6.07) is 0. The second-order valence-electron chi connectivity index (χ2n) is 4.13. The third-order valence-electron chi connectivity index (χ3n) is 2.21. The van der Waals surface area contributed by atoms with Gasteiger partial charge in [-0.15, -0.1) is 11.3 Å². The Bertz CT molecular complexity index is 434. The minimum absolute atomic E-state index is 0.0363. The molecule has 0 aromatic carbocycles. The van der Waals surface area contributed by atoms with Crippen molar-refractivity contribution in [2.45, 2.75) is 32.7 Å². The molecule has 1 N–H and O–H groups in total. The van der Waals surface area contributed by atoms with Crippen molar-refractivity contribution >= 4 is 23.1 Å². The number of amides is 1. The van der Waals surface area contributed by atoms with Gasteiger partial charge in [0, 0.05) is 11.1 Å². The normalized spacial score (nSPS) is 18.9. The smallest absolute Gasteiger partial charge is 0.252 e. The molecule has 2 heterocycles. The Labute approximate surface area is 92.4 Å². The molecular weight excluding hydrogens is 210 g/mol. The summed E-state index contributed by atoms with van der Waals surface area (Å²) in [5, 5.41) is 5.77. The van der Waals surface area contributed by atoms with Gasteiger partial charge in [0.05, 0.1) is 6.42 Å². The number of aliphatic imine (C=N–C) groups is 1. The van der Waals surface area contributed by atoms with E-state index >= 15 is 0 Å². The Morgan fingerprint density at radius 2 is 2.27 bits per heavy atom. The Balaban J connectivity index is 2.12. The Morgan fingerprint density at radius 1 is 1.53 bits per heavy atom. The molecule has 1 aromatic rings. The van der Waals surface area contributed by atoms with Crippen LogP contribution in [0.15, 0.2) is 10.4 Å². The van der Waals surface area contributed by atoms with E-state index in [4.69, 9.17) is 0 Å². The molecule has 5 heteroatoms. The number of hydrogen-bond donors (Lipinski definition) is 1. The highest BCUT2D eigenvalue weighted by Crippen LogP contribution is 2.17. The highest BCUT2D eigenvalue weighted by Gasteiger charge is 2.33. The van der Waals surface area contributed by atoms with Crippen LogP contribution in [0.5, 0.6) is 0 Å². The summed E-state index contributed by atoms with van der Waals surface area (Å²) in [5.41, 5.74) is 0.390. The van der Waals surface area contributed by atoms with Crippen molar-refractivity contribution in [3.63, 3.8) is 0 Å². The molecule has 0 spiro atoms. The van der Waals surface area contributed by atoms with Gasteiger partial charge in [-0.25, -0.2) is 4.98 Å². The Hall–Kier alpha value is -1.23. The summed E-state index contributed by atoms with van der Waals surface area (Å²) in [6.07, 6.45) is 0.619. The number of rotatable bonds is 2. The quantitative estimate of drug-likeness (QED) is 0.821. The number of nitrogens with zero attached hydrogens (tertiary/aromatic N) is 2. The molecule has 0 saturated heterocycles. The fourth-order valence-corrected chi connectivity index (χ4v) is 2.19. The third kappa shape index (κ3) is 2.07. The first-order valence-corrected chi connectivity index (χ1v) is 5.66. The van der Waals surface area contributed by atoms with Crippen molar-refractivity contribution in [3.8, 4) is 0 Å². The van der Waals surface area contributed by atoms with Gasteiger partial charge in [-0.2, -0.15) is 0 Å². The van der Waals surface area contributed by atoms with E-state index in [0.717, 1.165) is 16.5 Å². The summed E-state index contributed by atoms with van der Waals surface area (Å²) in [4.78, 5) is 20.1. The predicted octanol–water partition coefficient (Wildman–Crippen LogP) is 1.30. The monoisotopic (exact) mass is 223 g/mol. The summed E-state index contributed by atoms with van der Waals surface area (Å²) >= 11 is 1.59. The van der Waals surface area contributed by atoms with Gasteiger partial charge >= 0.3 is 0 Å². The summed E-state index contributed by atoms with van der Waals surface area (Å²) < 4.78 is 0. The molecular formula is C10H13N3OS. The van der Waals surface area contributed by atoms with Gasteiger partial charge in [-0.1, -0.05) is 0 Å². The van der Waals surface area contributed by atoms with E-state index in [2.05, 4.69) is 15.3 Å². The Kier molecular flexibility index (Phi) is 2.34. The molecule has 0 saturated carbocycles. The first-order chi connectivity index (χ1) is 6.97.